The van der Waals surface area contributed by atoms with E-state index in [4.69, 9.17) is 16.3 Å². The number of hydrogen-bond acceptors (Lipinski definition) is 9. The Hall–Kier alpha value is -4.54. The Bertz CT molecular complexity index is 1870. The second-order valence-corrected chi connectivity index (χ2v) is 12.2. The predicted octanol–water partition coefficient (Wildman–Crippen LogP) is 4.69. The molecule has 0 spiro atoms. The fourth-order valence-electron chi connectivity index (χ4n) is 3.62. The summed E-state index contributed by atoms with van der Waals surface area (Å²) in [6, 6.07) is 10.00. The summed E-state index contributed by atoms with van der Waals surface area (Å²) in [4.78, 5) is 11.0. The van der Waals surface area contributed by atoms with Gasteiger partial charge in [0.2, 0.25) is 0 Å². The molecule has 1 unspecified atom stereocenters. The van der Waals surface area contributed by atoms with Crippen molar-refractivity contribution < 1.29 is 31.4 Å². The van der Waals surface area contributed by atoms with Gasteiger partial charge >= 0.3 is 6.01 Å². The average molecular weight is 651 g/mol. The molecule has 0 fully saturated rings. The number of benzene rings is 2. The van der Waals surface area contributed by atoms with Crippen molar-refractivity contribution in [1.29, 1.82) is 0 Å². The summed E-state index contributed by atoms with van der Waals surface area (Å²) in [7, 11) is -3.37. The Labute approximate surface area is 254 Å². The van der Waals surface area contributed by atoms with E-state index in [1.807, 2.05) is 51.1 Å². The first-order chi connectivity index (χ1) is 20.7. The van der Waals surface area contributed by atoms with Gasteiger partial charge in [0.05, 0.1) is 19.0 Å². The molecule has 0 saturated carbocycles. The molecule has 1 atom stereocenters. The number of ether oxygens (including phenoxy) is 1. The van der Waals surface area contributed by atoms with Crippen LogP contribution in [0.3, 0.4) is 0 Å². The maximum Gasteiger partial charge on any atom is 0.319 e. The van der Waals surface area contributed by atoms with Gasteiger partial charge in [-0.05, 0) is 41.3 Å². The molecule has 5 rings (SSSR count). The summed E-state index contributed by atoms with van der Waals surface area (Å²) in [5.74, 6) is -3.22. The van der Waals surface area contributed by atoms with Crippen molar-refractivity contribution in [3.63, 3.8) is 0 Å². The van der Waals surface area contributed by atoms with Gasteiger partial charge in [-0.25, -0.2) is 27.8 Å². The van der Waals surface area contributed by atoms with Gasteiger partial charge in [0.15, 0.2) is 11.5 Å². The van der Waals surface area contributed by atoms with Gasteiger partial charge in [0.25, 0.3) is 15.2 Å². The number of aliphatic hydroxyl groups is 1. The van der Waals surface area contributed by atoms with E-state index in [2.05, 4.69) is 25.1 Å². The Balaban J connectivity index is 0.000000204. The fraction of sp³-hybridized carbons (Fsp3) is 0.222. The van der Waals surface area contributed by atoms with Crippen molar-refractivity contribution in [1.82, 2.24) is 34.3 Å². The molecule has 2 aromatic carbocycles. The van der Waals surface area contributed by atoms with Crippen LogP contribution in [0.4, 0.5) is 18.9 Å². The average Bonchev–Trinajstić information content (AvgIpc) is 3.67. The highest BCUT2D eigenvalue weighted by molar-refractivity contribution is 7.92. The first-order valence-electron chi connectivity index (χ1n) is 12.6. The van der Waals surface area contributed by atoms with E-state index < -0.39 is 50.1 Å². The van der Waals surface area contributed by atoms with E-state index in [9.17, 15) is 26.7 Å². The van der Waals surface area contributed by atoms with Gasteiger partial charge in [-0.15, -0.1) is 5.10 Å². The Morgan fingerprint density at radius 1 is 1.09 bits per heavy atom. The molecule has 44 heavy (non-hydrogen) atoms. The first-order valence-corrected chi connectivity index (χ1v) is 14.5. The maximum absolute atomic E-state index is 13.7. The molecule has 3 heterocycles. The molecule has 17 heteroatoms. The minimum Gasteiger partial charge on any atom is -0.467 e. The van der Waals surface area contributed by atoms with Crippen LogP contribution in [0.25, 0.3) is 17.4 Å². The van der Waals surface area contributed by atoms with Crippen molar-refractivity contribution in [2.24, 2.45) is 5.41 Å². The number of halogens is 4. The van der Waals surface area contributed by atoms with E-state index in [1.165, 1.54) is 13.4 Å². The molecule has 12 nitrogen and oxygen atoms in total. The molecule has 0 aliphatic carbocycles. The highest BCUT2D eigenvalue weighted by atomic mass is 35.5. The molecule has 0 amide bonds. The normalized spacial score (nSPS) is 12.9. The summed E-state index contributed by atoms with van der Waals surface area (Å²) in [6.45, 7) is 5.93. The van der Waals surface area contributed by atoms with Crippen molar-refractivity contribution in [2.75, 3.05) is 11.8 Å². The maximum atomic E-state index is 13.7. The first kappa shape index (κ1) is 32.4. The van der Waals surface area contributed by atoms with Gasteiger partial charge < -0.3 is 9.84 Å². The number of rotatable bonds is 7. The molecular formula is C27H26ClF3N8O4S. The van der Waals surface area contributed by atoms with Crippen LogP contribution in [0.15, 0.2) is 66.5 Å². The van der Waals surface area contributed by atoms with E-state index >= 15 is 0 Å². The van der Waals surface area contributed by atoms with Crippen molar-refractivity contribution in [2.45, 2.75) is 32.0 Å². The third kappa shape index (κ3) is 7.32. The zero-order valence-corrected chi connectivity index (χ0v) is 25.2. The van der Waals surface area contributed by atoms with Crippen LogP contribution < -0.4 is 9.46 Å². The third-order valence-corrected chi connectivity index (χ3v) is 7.24. The SMILES string of the molecule is CC(C)(C)C(O)/C(=C\c1ccc(Cl)cc1)n1cncn1.COc1ncc(F)c2nc(S(=O)(=O)Nc3c(F)cccc3F)nn12. The van der Waals surface area contributed by atoms with Crippen LogP contribution in [0.1, 0.15) is 26.3 Å². The zero-order chi connectivity index (χ0) is 32.2. The largest absolute Gasteiger partial charge is 0.467 e. The van der Waals surface area contributed by atoms with E-state index in [0.29, 0.717) is 15.2 Å². The van der Waals surface area contributed by atoms with Gasteiger partial charge in [0.1, 0.15) is 36.1 Å². The lowest BCUT2D eigenvalue weighted by atomic mass is 9.86. The summed E-state index contributed by atoms with van der Waals surface area (Å²) in [6.07, 6.45) is 5.02. The second-order valence-electron chi connectivity index (χ2n) is 10.2. The van der Waals surface area contributed by atoms with Crippen LogP contribution in [0.2, 0.25) is 5.02 Å². The molecule has 232 valence electrons. The quantitative estimate of drug-likeness (QED) is 0.256. The van der Waals surface area contributed by atoms with Crippen LogP contribution in [0.5, 0.6) is 6.01 Å². The number of fused-ring (bicyclic) bond motifs is 1. The Kier molecular flexibility index (Phi) is 9.56. The van der Waals surface area contributed by atoms with Crippen molar-refractivity contribution >= 4 is 44.7 Å². The summed E-state index contributed by atoms with van der Waals surface area (Å²) >= 11 is 5.89. The minimum atomic E-state index is -4.58. The summed E-state index contributed by atoms with van der Waals surface area (Å²) < 4.78 is 74.1. The van der Waals surface area contributed by atoms with E-state index in [0.717, 1.165) is 30.0 Å². The molecule has 0 radical (unpaired) electrons. The summed E-state index contributed by atoms with van der Waals surface area (Å²) in [5, 5.41) is 18.0. The number of para-hydroxylation sites is 1. The van der Waals surface area contributed by atoms with E-state index in [-0.39, 0.29) is 11.4 Å². The van der Waals surface area contributed by atoms with Crippen LogP contribution >= 0.6 is 11.6 Å². The molecule has 2 N–H and O–H groups in total. The molecule has 3 aromatic heterocycles. The molecule has 0 saturated heterocycles. The van der Waals surface area contributed by atoms with Crippen molar-refractivity contribution in [3.8, 4) is 6.01 Å². The monoisotopic (exact) mass is 650 g/mol. The number of aliphatic hydroxyl groups excluding tert-OH is 1. The number of nitrogens with zero attached hydrogens (tertiary/aromatic N) is 7. The predicted molar refractivity (Wildman–Crippen MR) is 156 cm³/mol. The number of methoxy groups -OCH3 is 1. The van der Waals surface area contributed by atoms with E-state index in [1.54, 1.807) is 15.7 Å². The molecular weight excluding hydrogens is 625 g/mol. The number of hydrogen-bond donors (Lipinski definition) is 2. The van der Waals surface area contributed by atoms with Crippen LogP contribution in [-0.4, -0.2) is 61.1 Å². The lowest BCUT2D eigenvalue weighted by Crippen LogP contribution is -2.29. The lowest BCUT2D eigenvalue weighted by molar-refractivity contribution is 0.109. The lowest BCUT2D eigenvalue weighted by Gasteiger charge is -2.27. The Morgan fingerprint density at radius 2 is 1.75 bits per heavy atom. The smallest absolute Gasteiger partial charge is 0.319 e. The van der Waals surface area contributed by atoms with Crippen LogP contribution in [-0.2, 0) is 10.0 Å². The van der Waals surface area contributed by atoms with Gasteiger partial charge in [-0.1, -0.05) is 50.6 Å². The minimum absolute atomic E-state index is 0.225. The van der Waals surface area contributed by atoms with Crippen LogP contribution in [0, 0.1) is 22.9 Å². The highest BCUT2D eigenvalue weighted by Crippen LogP contribution is 2.29. The molecule has 0 aliphatic rings. The Morgan fingerprint density at radius 3 is 2.32 bits per heavy atom. The fourth-order valence-corrected chi connectivity index (χ4v) is 4.70. The zero-order valence-electron chi connectivity index (χ0n) is 23.7. The third-order valence-electron chi connectivity index (χ3n) is 5.86. The van der Waals surface area contributed by atoms with Crippen molar-refractivity contribution in [3.05, 3.63) is 89.4 Å². The summed E-state index contributed by atoms with van der Waals surface area (Å²) in [5.41, 5.74) is -0.0526. The van der Waals surface area contributed by atoms with Gasteiger partial charge in [0, 0.05) is 5.02 Å². The number of sulfonamides is 1. The topological polar surface area (TPSA) is 149 Å². The van der Waals surface area contributed by atoms with Gasteiger partial charge in [-0.3, -0.25) is 4.72 Å². The standard InChI is InChI=1S/C15H18ClN3O.C12H8F3N5O3S/c1-15(2,3)14(20)13(19-10-17-9-18-19)8-11-4-6-12(16)7-5-11;1-23-12-16-5-8(15)10-17-11(18-20(10)12)24(21,22)19-9-6(13)3-2-4-7(9)14/h4-10,14,20H,1-3H3;2-5,19H,1H3/b13-8+;. The number of nitrogens with one attached hydrogen (secondary N) is 1. The highest BCUT2D eigenvalue weighted by Gasteiger charge is 2.28. The molecule has 0 aliphatic heterocycles. The number of aromatic nitrogens is 7. The number of anilines is 1. The van der Waals surface area contributed by atoms with Gasteiger partial charge in [-0.2, -0.15) is 23.0 Å². The second kappa shape index (κ2) is 13.0. The molecule has 5 aromatic rings. The molecule has 0 bridgehead atoms.